The van der Waals surface area contributed by atoms with Gasteiger partial charge in [0.25, 0.3) is 0 Å². The fourth-order valence-corrected chi connectivity index (χ4v) is 2.69. The van der Waals surface area contributed by atoms with Gasteiger partial charge < -0.3 is 4.90 Å². The summed E-state index contributed by atoms with van der Waals surface area (Å²) in [6.07, 6.45) is 4.16. The molecule has 3 heterocycles. The Morgan fingerprint density at radius 2 is 2.29 bits per heavy atom. The summed E-state index contributed by atoms with van der Waals surface area (Å²) in [4.78, 5) is 2.39. The van der Waals surface area contributed by atoms with Crippen LogP contribution in [0.25, 0.3) is 0 Å². The van der Waals surface area contributed by atoms with Crippen molar-refractivity contribution in [3.05, 3.63) is 12.7 Å². The van der Waals surface area contributed by atoms with Crippen LogP contribution >= 0.6 is 0 Å². The number of rotatable bonds is 3. The summed E-state index contributed by atoms with van der Waals surface area (Å²) < 4.78 is 0. The Balaban J connectivity index is 2.12. The van der Waals surface area contributed by atoms with Gasteiger partial charge >= 0.3 is 0 Å². The van der Waals surface area contributed by atoms with Crippen molar-refractivity contribution >= 4 is 0 Å². The van der Waals surface area contributed by atoms with Crippen molar-refractivity contribution in [1.29, 1.82) is 5.26 Å². The van der Waals surface area contributed by atoms with Crippen molar-refractivity contribution in [2.24, 2.45) is 5.92 Å². The molecule has 14 heavy (non-hydrogen) atoms. The lowest BCUT2D eigenvalue weighted by Crippen LogP contribution is -2.65. The molecule has 76 valence electrons. The average molecular weight is 191 g/mol. The average Bonchev–Trinajstić information content (AvgIpc) is 2.28. The Hall–Kier alpha value is -0.850. The maximum Gasteiger partial charge on any atom is 0.122 e. The Bertz CT molecular complexity index is 260. The molecule has 3 aliphatic rings. The number of nitrogens with zero attached hydrogens (tertiary/aromatic N) is 2. The molecule has 0 amide bonds. The Morgan fingerprint density at radius 3 is 2.71 bits per heavy atom. The van der Waals surface area contributed by atoms with E-state index in [-0.39, 0.29) is 5.54 Å². The summed E-state index contributed by atoms with van der Waals surface area (Å²) in [5, 5.41) is 12.7. The Labute approximate surface area is 85.4 Å². The summed E-state index contributed by atoms with van der Waals surface area (Å²) in [6.45, 7) is 7.65. The predicted molar refractivity (Wildman–Crippen MR) is 55.7 cm³/mol. The van der Waals surface area contributed by atoms with Crippen LogP contribution < -0.4 is 5.32 Å². The quantitative estimate of drug-likeness (QED) is 0.669. The molecule has 3 rings (SSSR count). The zero-order chi connectivity index (χ0) is 10.0. The van der Waals surface area contributed by atoms with Crippen molar-refractivity contribution in [3.63, 3.8) is 0 Å². The summed E-state index contributed by atoms with van der Waals surface area (Å²) in [7, 11) is 0. The number of nitriles is 1. The molecule has 3 fully saturated rings. The van der Waals surface area contributed by atoms with Crippen LogP contribution in [-0.2, 0) is 0 Å². The number of hydrogen-bond donors (Lipinski definition) is 1. The number of nitrogens with one attached hydrogen (secondary N) is 1. The first-order valence-corrected chi connectivity index (χ1v) is 5.30. The highest BCUT2D eigenvalue weighted by Crippen LogP contribution is 2.35. The van der Waals surface area contributed by atoms with E-state index in [2.05, 4.69) is 22.9 Å². The van der Waals surface area contributed by atoms with E-state index in [4.69, 9.17) is 0 Å². The first-order chi connectivity index (χ1) is 6.80. The minimum Gasteiger partial charge on any atom is -0.300 e. The summed E-state index contributed by atoms with van der Waals surface area (Å²) in [5.41, 5.74) is -0.301. The molecular weight excluding hydrogens is 174 g/mol. The molecule has 3 aliphatic heterocycles. The van der Waals surface area contributed by atoms with E-state index >= 15 is 0 Å². The van der Waals surface area contributed by atoms with Crippen molar-refractivity contribution in [2.75, 3.05) is 26.2 Å². The third-order valence-corrected chi connectivity index (χ3v) is 3.52. The van der Waals surface area contributed by atoms with Crippen LogP contribution in [0.3, 0.4) is 0 Å². The van der Waals surface area contributed by atoms with E-state index in [0.29, 0.717) is 5.92 Å². The van der Waals surface area contributed by atoms with E-state index in [9.17, 15) is 5.26 Å². The third kappa shape index (κ3) is 1.45. The van der Waals surface area contributed by atoms with E-state index in [0.717, 1.165) is 25.9 Å². The molecule has 0 aromatic rings. The van der Waals surface area contributed by atoms with Gasteiger partial charge in [-0.05, 0) is 31.8 Å². The lowest BCUT2D eigenvalue weighted by molar-refractivity contribution is 0.0389. The molecule has 0 saturated carbocycles. The van der Waals surface area contributed by atoms with Crippen LogP contribution in [-0.4, -0.2) is 36.6 Å². The molecule has 3 nitrogen and oxygen atoms in total. The van der Waals surface area contributed by atoms with Gasteiger partial charge in [-0.1, -0.05) is 6.08 Å². The van der Waals surface area contributed by atoms with E-state index < -0.39 is 0 Å². The zero-order valence-electron chi connectivity index (χ0n) is 8.50. The van der Waals surface area contributed by atoms with Gasteiger partial charge in [-0.15, -0.1) is 6.58 Å². The zero-order valence-corrected chi connectivity index (χ0v) is 8.50. The molecule has 0 radical (unpaired) electrons. The molecule has 3 heteroatoms. The molecule has 2 bridgehead atoms. The summed E-state index contributed by atoms with van der Waals surface area (Å²) >= 11 is 0. The highest BCUT2D eigenvalue weighted by Gasteiger charge is 2.46. The highest BCUT2D eigenvalue weighted by molar-refractivity contribution is 5.17. The maximum atomic E-state index is 9.32. The van der Waals surface area contributed by atoms with Gasteiger partial charge in [0.15, 0.2) is 0 Å². The SMILES string of the molecule is C=CCNC1(C#N)CN2CCC1CC2. The largest absolute Gasteiger partial charge is 0.300 e. The van der Waals surface area contributed by atoms with Gasteiger partial charge in [0.2, 0.25) is 0 Å². The van der Waals surface area contributed by atoms with Gasteiger partial charge in [0.05, 0.1) is 6.07 Å². The molecule has 1 unspecified atom stereocenters. The molecule has 3 saturated heterocycles. The maximum absolute atomic E-state index is 9.32. The van der Waals surface area contributed by atoms with E-state index in [1.54, 1.807) is 0 Å². The second kappa shape index (κ2) is 3.72. The van der Waals surface area contributed by atoms with Gasteiger partial charge in [-0.2, -0.15) is 5.26 Å². The smallest absolute Gasteiger partial charge is 0.122 e. The number of piperidine rings is 3. The molecule has 1 N–H and O–H groups in total. The second-order valence-corrected chi connectivity index (χ2v) is 4.30. The van der Waals surface area contributed by atoms with Crippen molar-refractivity contribution in [2.45, 2.75) is 18.4 Å². The molecule has 0 aromatic heterocycles. The first-order valence-electron chi connectivity index (χ1n) is 5.30. The van der Waals surface area contributed by atoms with Gasteiger partial charge in [0, 0.05) is 13.1 Å². The van der Waals surface area contributed by atoms with Crippen LogP contribution in [0.15, 0.2) is 12.7 Å². The van der Waals surface area contributed by atoms with E-state index in [1.165, 1.54) is 13.1 Å². The monoisotopic (exact) mass is 191 g/mol. The first kappa shape index (κ1) is 9.70. The lowest BCUT2D eigenvalue weighted by Gasteiger charge is -2.49. The van der Waals surface area contributed by atoms with Crippen LogP contribution in [0, 0.1) is 17.2 Å². The topological polar surface area (TPSA) is 39.1 Å². The number of hydrogen-bond acceptors (Lipinski definition) is 3. The van der Waals surface area contributed by atoms with Gasteiger partial charge in [0.1, 0.15) is 5.54 Å². The summed E-state index contributed by atoms with van der Waals surface area (Å²) in [6, 6.07) is 2.48. The Kier molecular flexibility index (Phi) is 2.58. The minimum atomic E-state index is -0.301. The molecule has 0 aromatic carbocycles. The Morgan fingerprint density at radius 1 is 1.57 bits per heavy atom. The molecular formula is C11H17N3. The van der Waals surface area contributed by atoms with Crippen molar-refractivity contribution in [1.82, 2.24) is 10.2 Å². The number of fused-ring (bicyclic) bond motifs is 3. The fraction of sp³-hybridized carbons (Fsp3) is 0.727. The standard InChI is InChI=1S/C11H17N3/c1-2-5-13-11(8-12)9-14-6-3-10(11)4-7-14/h2,10,13H,1,3-7,9H2. The normalized spacial score (nSPS) is 40.5. The summed E-state index contributed by atoms with van der Waals surface area (Å²) in [5.74, 6) is 0.539. The lowest BCUT2D eigenvalue weighted by atomic mass is 9.73. The minimum absolute atomic E-state index is 0.301. The van der Waals surface area contributed by atoms with Crippen molar-refractivity contribution in [3.8, 4) is 6.07 Å². The van der Waals surface area contributed by atoms with Gasteiger partial charge in [-0.25, -0.2) is 0 Å². The fourth-order valence-electron chi connectivity index (χ4n) is 2.69. The van der Waals surface area contributed by atoms with Gasteiger partial charge in [-0.3, -0.25) is 5.32 Å². The highest BCUT2D eigenvalue weighted by atomic mass is 15.2. The van der Waals surface area contributed by atoms with Crippen LogP contribution in [0.2, 0.25) is 0 Å². The molecule has 1 atom stereocenters. The second-order valence-electron chi connectivity index (χ2n) is 4.30. The predicted octanol–water partition coefficient (Wildman–Crippen LogP) is 0.750. The van der Waals surface area contributed by atoms with Crippen LogP contribution in [0.1, 0.15) is 12.8 Å². The molecule has 0 spiro atoms. The van der Waals surface area contributed by atoms with Crippen LogP contribution in [0.4, 0.5) is 0 Å². The molecule has 0 aliphatic carbocycles. The van der Waals surface area contributed by atoms with Crippen LogP contribution in [0.5, 0.6) is 0 Å². The third-order valence-electron chi connectivity index (χ3n) is 3.52. The van der Waals surface area contributed by atoms with E-state index in [1.807, 2.05) is 6.08 Å². The van der Waals surface area contributed by atoms with Crippen molar-refractivity contribution < 1.29 is 0 Å².